The first-order valence-electron chi connectivity index (χ1n) is 6.75. The van der Waals surface area contributed by atoms with Gasteiger partial charge in [-0.25, -0.2) is 13.6 Å². The average molecular weight is 285 g/mol. The van der Waals surface area contributed by atoms with Gasteiger partial charge in [-0.2, -0.15) is 0 Å². The van der Waals surface area contributed by atoms with Gasteiger partial charge in [-0.3, -0.25) is 4.90 Å². The number of nitrogens with zero attached hydrogens (tertiary/aromatic N) is 1. The summed E-state index contributed by atoms with van der Waals surface area (Å²) in [7, 11) is 1.29. The lowest BCUT2D eigenvalue weighted by molar-refractivity contribution is 0.0557. The predicted octanol–water partition coefficient (Wildman–Crippen LogP) is 2.71. The first-order valence-corrected chi connectivity index (χ1v) is 6.75. The summed E-state index contributed by atoms with van der Waals surface area (Å²) in [6.45, 7) is 2.92. The van der Waals surface area contributed by atoms with Gasteiger partial charge in [0.25, 0.3) is 5.92 Å². The molecule has 2 aliphatic rings. The zero-order valence-corrected chi connectivity index (χ0v) is 11.4. The largest absolute Gasteiger partial charge is 0.463 e. The van der Waals surface area contributed by atoms with Crippen molar-refractivity contribution >= 4 is 5.97 Å². The van der Waals surface area contributed by atoms with E-state index in [1.54, 1.807) is 12.1 Å². The van der Waals surface area contributed by atoms with Gasteiger partial charge < -0.3 is 9.15 Å². The number of alkyl halides is 2. The van der Waals surface area contributed by atoms with E-state index >= 15 is 0 Å². The number of fused-ring (bicyclic) bond motifs is 1. The lowest BCUT2D eigenvalue weighted by Crippen LogP contribution is -2.33. The Bertz CT molecular complexity index is 528. The van der Waals surface area contributed by atoms with E-state index in [9.17, 15) is 13.6 Å². The predicted molar refractivity (Wildman–Crippen MR) is 66.6 cm³/mol. The second-order valence-corrected chi connectivity index (χ2v) is 5.54. The van der Waals surface area contributed by atoms with Crippen molar-refractivity contribution in [3.05, 3.63) is 23.7 Å². The van der Waals surface area contributed by atoms with Crippen LogP contribution in [0.1, 0.15) is 35.7 Å². The molecule has 1 aromatic rings. The number of methoxy groups -OCH3 is 1. The molecule has 1 saturated heterocycles. The molecule has 0 N–H and O–H groups in total. The number of rotatable bonds is 3. The maximum atomic E-state index is 13.4. The van der Waals surface area contributed by atoms with Crippen LogP contribution < -0.4 is 0 Å². The molecule has 0 bridgehead atoms. The van der Waals surface area contributed by atoms with Gasteiger partial charge in [0.15, 0.2) is 0 Å². The number of halogens is 2. The number of carbonyl (C=O) groups is 1. The Labute approximate surface area is 115 Å². The Morgan fingerprint density at radius 2 is 2.25 bits per heavy atom. The van der Waals surface area contributed by atoms with Crippen molar-refractivity contribution in [1.82, 2.24) is 4.90 Å². The number of esters is 1. The van der Waals surface area contributed by atoms with Crippen LogP contribution in [0.3, 0.4) is 0 Å². The maximum absolute atomic E-state index is 13.4. The van der Waals surface area contributed by atoms with E-state index in [2.05, 4.69) is 4.74 Å². The standard InChI is InChI=1S/C14H17F2NO3/c1-8(11-3-4-12(20-11)13(18)19-2)17-6-5-9-10(7-17)14(9,15)16/h3-4,8-10H,5-7H2,1-2H3. The van der Waals surface area contributed by atoms with Crippen LogP contribution >= 0.6 is 0 Å². The summed E-state index contributed by atoms with van der Waals surface area (Å²) >= 11 is 0. The third-order valence-electron chi connectivity index (χ3n) is 4.50. The highest BCUT2D eigenvalue weighted by Gasteiger charge is 2.69. The Kier molecular flexibility index (Phi) is 3.08. The quantitative estimate of drug-likeness (QED) is 0.801. The maximum Gasteiger partial charge on any atom is 0.373 e. The molecular formula is C14H17F2NO3. The van der Waals surface area contributed by atoms with E-state index in [-0.39, 0.29) is 11.8 Å². The molecule has 1 aliphatic carbocycles. The molecule has 0 aromatic carbocycles. The summed E-state index contributed by atoms with van der Waals surface area (Å²) in [5, 5.41) is 0. The molecule has 20 heavy (non-hydrogen) atoms. The molecule has 0 radical (unpaired) electrons. The molecule has 0 spiro atoms. The number of carbonyl (C=O) groups excluding carboxylic acids is 1. The van der Waals surface area contributed by atoms with Crippen LogP contribution in [0, 0.1) is 11.8 Å². The van der Waals surface area contributed by atoms with E-state index < -0.39 is 23.7 Å². The number of hydrogen-bond donors (Lipinski definition) is 0. The zero-order chi connectivity index (χ0) is 14.5. The normalized spacial score (nSPS) is 29.6. The van der Waals surface area contributed by atoms with E-state index in [1.165, 1.54) is 7.11 Å². The molecule has 1 aliphatic heterocycles. The first kappa shape index (κ1) is 13.5. The van der Waals surface area contributed by atoms with Gasteiger partial charge in [-0.15, -0.1) is 0 Å². The van der Waals surface area contributed by atoms with Crippen molar-refractivity contribution in [3.63, 3.8) is 0 Å². The fourth-order valence-corrected chi connectivity index (χ4v) is 3.07. The number of piperidine rings is 1. The highest BCUT2D eigenvalue weighted by atomic mass is 19.3. The fourth-order valence-electron chi connectivity index (χ4n) is 3.07. The zero-order valence-electron chi connectivity index (χ0n) is 11.4. The van der Waals surface area contributed by atoms with Crippen LogP contribution in [0.2, 0.25) is 0 Å². The summed E-state index contributed by atoms with van der Waals surface area (Å²) in [6.07, 6.45) is 0.520. The summed E-state index contributed by atoms with van der Waals surface area (Å²) in [5.41, 5.74) is 0. The van der Waals surface area contributed by atoms with Crippen LogP contribution in [0.4, 0.5) is 8.78 Å². The van der Waals surface area contributed by atoms with Crippen LogP contribution in [0.5, 0.6) is 0 Å². The minimum atomic E-state index is -2.49. The Morgan fingerprint density at radius 1 is 1.50 bits per heavy atom. The van der Waals surface area contributed by atoms with Crippen molar-refractivity contribution in [3.8, 4) is 0 Å². The van der Waals surface area contributed by atoms with Crippen LogP contribution in [0.25, 0.3) is 0 Å². The number of ether oxygens (including phenoxy) is 1. The molecular weight excluding hydrogens is 268 g/mol. The minimum absolute atomic E-state index is 0.120. The van der Waals surface area contributed by atoms with Gasteiger partial charge >= 0.3 is 5.97 Å². The van der Waals surface area contributed by atoms with E-state index in [1.807, 2.05) is 11.8 Å². The summed E-state index contributed by atoms with van der Waals surface area (Å²) in [5.74, 6) is -3.24. The molecule has 2 heterocycles. The van der Waals surface area contributed by atoms with Crippen LogP contribution in [-0.4, -0.2) is 37.0 Å². The molecule has 110 valence electrons. The Balaban J connectivity index is 1.69. The van der Waals surface area contributed by atoms with Gasteiger partial charge in [0.05, 0.1) is 13.2 Å². The summed E-state index contributed by atoms with van der Waals surface area (Å²) in [4.78, 5) is 13.3. The second-order valence-electron chi connectivity index (χ2n) is 5.54. The molecule has 3 rings (SSSR count). The minimum Gasteiger partial charge on any atom is -0.463 e. The van der Waals surface area contributed by atoms with E-state index in [0.29, 0.717) is 25.3 Å². The third kappa shape index (κ3) is 2.02. The van der Waals surface area contributed by atoms with Crippen molar-refractivity contribution in [2.45, 2.75) is 25.3 Å². The topological polar surface area (TPSA) is 42.7 Å². The highest BCUT2D eigenvalue weighted by molar-refractivity contribution is 5.86. The molecule has 3 unspecified atom stereocenters. The number of hydrogen-bond acceptors (Lipinski definition) is 4. The lowest BCUT2D eigenvalue weighted by atomic mass is 10.1. The van der Waals surface area contributed by atoms with Crippen LogP contribution in [0.15, 0.2) is 16.5 Å². The second kappa shape index (κ2) is 4.55. The molecule has 1 aromatic heterocycles. The number of likely N-dealkylation sites (tertiary alicyclic amines) is 1. The van der Waals surface area contributed by atoms with Crippen molar-refractivity contribution < 1.29 is 22.7 Å². The van der Waals surface area contributed by atoms with E-state index in [4.69, 9.17) is 4.42 Å². The third-order valence-corrected chi connectivity index (χ3v) is 4.50. The van der Waals surface area contributed by atoms with Gasteiger partial charge in [0, 0.05) is 18.4 Å². The Hall–Kier alpha value is -1.43. The van der Waals surface area contributed by atoms with Crippen molar-refractivity contribution in [2.24, 2.45) is 11.8 Å². The summed E-state index contributed by atoms with van der Waals surface area (Å²) < 4.78 is 36.8. The Morgan fingerprint density at radius 3 is 2.90 bits per heavy atom. The van der Waals surface area contributed by atoms with E-state index in [0.717, 1.165) is 0 Å². The lowest BCUT2D eigenvalue weighted by Gasteiger charge is -2.30. The molecule has 3 atom stereocenters. The molecule has 4 nitrogen and oxygen atoms in total. The summed E-state index contributed by atoms with van der Waals surface area (Å²) in [6, 6.07) is 3.13. The van der Waals surface area contributed by atoms with Gasteiger partial charge in [0.1, 0.15) is 5.76 Å². The first-order chi connectivity index (χ1) is 9.45. The fraction of sp³-hybridized carbons (Fsp3) is 0.643. The van der Waals surface area contributed by atoms with Gasteiger partial charge in [-0.05, 0) is 32.0 Å². The van der Waals surface area contributed by atoms with Crippen LogP contribution in [-0.2, 0) is 4.74 Å². The highest BCUT2D eigenvalue weighted by Crippen LogP contribution is 2.59. The molecule has 1 saturated carbocycles. The average Bonchev–Trinajstić information content (AvgIpc) is 2.84. The smallest absolute Gasteiger partial charge is 0.373 e. The SMILES string of the molecule is COC(=O)c1ccc(C(C)N2CCC3C(C2)C3(F)F)o1. The number of furan rings is 1. The van der Waals surface area contributed by atoms with Gasteiger partial charge in [0.2, 0.25) is 5.76 Å². The molecule has 6 heteroatoms. The van der Waals surface area contributed by atoms with Gasteiger partial charge in [-0.1, -0.05) is 0 Å². The van der Waals surface area contributed by atoms with Crippen molar-refractivity contribution in [1.29, 1.82) is 0 Å². The molecule has 2 fully saturated rings. The molecule has 0 amide bonds. The monoisotopic (exact) mass is 285 g/mol. The van der Waals surface area contributed by atoms with Crippen molar-refractivity contribution in [2.75, 3.05) is 20.2 Å².